The molecule has 3 heterocycles. The lowest BCUT2D eigenvalue weighted by Crippen LogP contribution is -2.22. The number of hydrogen-bond acceptors (Lipinski definition) is 6. The maximum Gasteiger partial charge on any atom is 0.316 e. The molecule has 0 radical (unpaired) electrons. The summed E-state index contributed by atoms with van der Waals surface area (Å²) in [5.41, 5.74) is 0.730. The Balaban J connectivity index is 1.69. The number of nitrogens with one attached hydrogen (secondary N) is 1. The number of amides is 1. The monoisotopic (exact) mass is 270 g/mol. The third-order valence-corrected chi connectivity index (χ3v) is 2.56. The molecule has 0 atom stereocenters. The van der Waals surface area contributed by atoms with Gasteiger partial charge in [-0.05, 0) is 24.3 Å². The van der Waals surface area contributed by atoms with Crippen molar-refractivity contribution in [2.75, 3.05) is 0 Å². The Bertz CT molecular complexity index is 692. The zero-order chi connectivity index (χ0) is 13.8. The standard InChI is InChI=1S/C13H10N4O3/c18-12(15-8-10-2-1-7-19-10)13-16-11(17-20-13)9-3-5-14-6-4-9/h1-7H,8H2,(H,15,18). The fourth-order valence-corrected chi connectivity index (χ4v) is 1.59. The maximum absolute atomic E-state index is 11.8. The number of pyridine rings is 1. The van der Waals surface area contributed by atoms with E-state index in [1.54, 1.807) is 36.7 Å². The van der Waals surface area contributed by atoms with Crippen LogP contribution in [0.25, 0.3) is 11.4 Å². The largest absolute Gasteiger partial charge is 0.467 e. The molecule has 0 bridgehead atoms. The van der Waals surface area contributed by atoms with E-state index in [1.165, 1.54) is 6.26 Å². The Morgan fingerprint density at radius 2 is 2.10 bits per heavy atom. The third kappa shape index (κ3) is 2.56. The van der Waals surface area contributed by atoms with E-state index in [1.807, 2.05) is 0 Å². The Morgan fingerprint density at radius 1 is 1.25 bits per heavy atom. The molecular formula is C13H10N4O3. The van der Waals surface area contributed by atoms with E-state index in [9.17, 15) is 4.79 Å². The fraction of sp³-hybridized carbons (Fsp3) is 0.0769. The third-order valence-electron chi connectivity index (χ3n) is 2.56. The van der Waals surface area contributed by atoms with Gasteiger partial charge in [-0.3, -0.25) is 9.78 Å². The van der Waals surface area contributed by atoms with Gasteiger partial charge in [-0.15, -0.1) is 0 Å². The van der Waals surface area contributed by atoms with Gasteiger partial charge in [-0.25, -0.2) is 0 Å². The summed E-state index contributed by atoms with van der Waals surface area (Å²) in [5.74, 6) is 0.445. The first-order chi connectivity index (χ1) is 9.83. The Kier molecular flexibility index (Phi) is 3.24. The highest BCUT2D eigenvalue weighted by atomic mass is 16.5. The van der Waals surface area contributed by atoms with Crippen LogP contribution in [-0.2, 0) is 6.54 Å². The molecule has 0 aliphatic heterocycles. The SMILES string of the molecule is O=C(NCc1ccco1)c1nc(-c2ccncc2)no1. The van der Waals surface area contributed by atoms with Crippen LogP contribution in [0.3, 0.4) is 0 Å². The van der Waals surface area contributed by atoms with Gasteiger partial charge in [0.1, 0.15) is 5.76 Å². The second kappa shape index (κ2) is 5.35. The topological polar surface area (TPSA) is 94.1 Å². The van der Waals surface area contributed by atoms with Crippen molar-refractivity contribution in [3.63, 3.8) is 0 Å². The first-order valence-electron chi connectivity index (χ1n) is 5.87. The van der Waals surface area contributed by atoms with Gasteiger partial charge < -0.3 is 14.3 Å². The Labute approximate surface area is 113 Å². The first kappa shape index (κ1) is 12.1. The maximum atomic E-state index is 11.8. The average Bonchev–Trinajstić information content (AvgIpc) is 3.17. The molecule has 20 heavy (non-hydrogen) atoms. The van der Waals surface area contributed by atoms with Crippen LogP contribution in [-0.4, -0.2) is 21.0 Å². The first-order valence-corrected chi connectivity index (χ1v) is 5.87. The minimum Gasteiger partial charge on any atom is -0.467 e. The molecule has 0 spiro atoms. The van der Waals surface area contributed by atoms with E-state index in [0.29, 0.717) is 11.6 Å². The van der Waals surface area contributed by atoms with Gasteiger partial charge in [-0.1, -0.05) is 5.16 Å². The molecule has 0 saturated heterocycles. The molecule has 0 aromatic carbocycles. The molecule has 100 valence electrons. The lowest BCUT2D eigenvalue weighted by molar-refractivity contribution is 0.0904. The summed E-state index contributed by atoms with van der Waals surface area (Å²) in [5, 5.41) is 6.38. The summed E-state index contributed by atoms with van der Waals surface area (Å²) < 4.78 is 10.0. The number of rotatable bonds is 4. The molecule has 3 rings (SSSR count). The number of aromatic nitrogens is 3. The fourth-order valence-electron chi connectivity index (χ4n) is 1.59. The summed E-state index contributed by atoms with van der Waals surface area (Å²) in [6.45, 7) is 0.263. The highest BCUT2D eigenvalue weighted by molar-refractivity contribution is 5.89. The molecule has 1 N–H and O–H groups in total. The number of carbonyl (C=O) groups is 1. The van der Waals surface area contributed by atoms with Crippen LogP contribution in [0, 0.1) is 0 Å². The summed E-state index contributed by atoms with van der Waals surface area (Å²) in [4.78, 5) is 19.8. The lowest BCUT2D eigenvalue weighted by atomic mass is 10.2. The molecule has 0 aliphatic carbocycles. The molecule has 0 saturated carbocycles. The molecule has 0 fully saturated rings. The molecular weight excluding hydrogens is 260 g/mol. The van der Waals surface area contributed by atoms with E-state index in [2.05, 4.69) is 20.4 Å². The predicted molar refractivity (Wildman–Crippen MR) is 67.4 cm³/mol. The molecule has 7 heteroatoms. The van der Waals surface area contributed by atoms with Crippen LogP contribution in [0.5, 0.6) is 0 Å². The van der Waals surface area contributed by atoms with Crippen LogP contribution < -0.4 is 5.32 Å². The van der Waals surface area contributed by atoms with Gasteiger partial charge in [0.05, 0.1) is 12.8 Å². The van der Waals surface area contributed by atoms with E-state index < -0.39 is 5.91 Å². The van der Waals surface area contributed by atoms with Gasteiger partial charge in [0, 0.05) is 18.0 Å². The van der Waals surface area contributed by atoms with Crippen molar-refractivity contribution in [1.29, 1.82) is 0 Å². The summed E-state index contributed by atoms with van der Waals surface area (Å²) >= 11 is 0. The van der Waals surface area contributed by atoms with Gasteiger partial charge in [0.25, 0.3) is 0 Å². The second-order valence-corrected chi connectivity index (χ2v) is 3.92. The number of furan rings is 1. The van der Waals surface area contributed by atoms with Crippen molar-refractivity contribution in [1.82, 2.24) is 20.4 Å². The van der Waals surface area contributed by atoms with Crippen LogP contribution in [0.1, 0.15) is 16.4 Å². The highest BCUT2D eigenvalue weighted by Crippen LogP contribution is 2.13. The van der Waals surface area contributed by atoms with Crippen molar-refractivity contribution >= 4 is 5.91 Å². The summed E-state index contributed by atoms with van der Waals surface area (Å²) in [6, 6.07) is 6.97. The number of carbonyl (C=O) groups excluding carboxylic acids is 1. The van der Waals surface area contributed by atoms with Gasteiger partial charge in [0.2, 0.25) is 5.82 Å². The van der Waals surface area contributed by atoms with Crippen molar-refractivity contribution in [2.45, 2.75) is 6.54 Å². The molecule has 3 aromatic heterocycles. The van der Waals surface area contributed by atoms with Gasteiger partial charge in [0.15, 0.2) is 0 Å². The van der Waals surface area contributed by atoms with Crippen LogP contribution in [0.15, 0.2) is 51.9 Å². The van der Waals surface area contributed by atoms with Crippen molar-refractivity contribution in [3.05, 3.63) is 54.6 Å². The van der Waals surface area contributed by atoms with Crippen molar-refractivity contribution in [3.8, 4) is 11.4 Å². The van der Waals surface area contributed by atoms with E-state index in [-0.39, 0.29) is 12.4 Å². The molecule has 0 unspecified atom stereocenters. The number of nitrogens with zero attached hydrogens (tertiary/aromatic N) is 3. The summed E-state index contributed by atoms with van der Waals surface area (Å²) in [7, 11) is 0. The van der Waals surface area contributed by atoms with E-state index >= 15 is 0 Å². The molecule has 0 aliphatic rings. The smallest absolute Gasteiger partial charge is 0.316 e. The Hall–Kier alpha value is -2.96. The van der Waals surface area contributed by atoms with Crippen LogP contribution >= 0.6 is 0 Å². The van der Waals surface area contributed by atoms with Crippen LogP contribution in [0.2, 0.25) is 0 Å². The highest BCUT2D eigenvalue weighted by Gasteiger charge is 2.16. The van der Waals surface area contributed by atoms with Crippen LogP contribution in [0.4, 0.5) is 0 Å². The Morgan fingerprint density at radius 3 is 2.85 bits per heavy atom. The van der Waals surface area contributed by atoms with E-state index in [4.69, 9.17) is 8.94 Å². The minimum absolute atomic E-state index is 0.0941. The zero-order valence-electron chi connectivity index (χ0n) is 10.3. The molecule has 1 amide bonds. The minimum atomic E-state index is -0.450. The second-order valence-electron chi connectivity index (χ2n) is 3.92. The van der Waals surface area contributed by atoms with Crippen molar-refractivity contribution < 1.29 is 13.7 Å². The lowest BCUT2D eigenvalue weighted by Gasteiger charge is -1.97. The summed E-state index contributed by atoms with van der Waals surface area (Å²) in [6.07, 6.45) is 4.76. The quantitative estimate of drug-likeness (QED) is 0.774. The number of hydrogen-bond donors (Lipinski definition) is 1. The van der Waals surface area contributed by atoms with Gasteiger partial charge in [-0.2, -0.15) is 4.98 Å². The normalized spacial score (nSPS) is 10.4. The van der Waals surface area contributed by atoms with E-state index in [0.717, 1.165) is 5.56 Å². The predicted octanol–water partition coefficient (Wildman–Crippen LogP) is 1.65. The van der Waals surface area contributed by atoms with Crippen molar-refractivity contribution in [2.24, 2.45) is 0 Å². The molecule has 7 nitrogen and oxygen atoms in total. The zero-order valence-corrected chi connectivity index (χ0v) is 10.3. The average molecular weight is 270 g/mol. The molecule has 3 aromatic rings. The van der Waals surface area contributed by atoms with Gasteiger partial charge >= 0.3 is 11.8 Å².